The number of Topliss-reactive ketones (excluding diaryl/α,β-unsaturated/α-hetero) is 1. The third kappa shape index (κ3) is 3.65. The van der Waals surface area contributed by atoms with E-state index in [9.17, 15) is 4.79 Å². The van der Waals surface area contributed by atoms with Crippen LogP contribution in [0.1, 0.15) is 60.2 Å². The number of rotatable bonds is 3. The average Bonchev–Trinajstić information content (AvgIpc) is 2.51. The standard InChI is InChI=1S/C14H19BrOS/c1-10-12(9-14(15)17-10)13(16)8-11-6-4-2-3-5-7-11/h9,11H,2-8H2,1H3. The molecule has 3 heteroatoms. The molecule has 1 fully saturated rings. The molecule has 0 radical (unpaired) electrons. The van der Waals surface area contributed by atoms with Crippen LogP contribution in [-0.2, 0) is 0 Å². The van der Waals surface area contributed by atoms with E-state index in [0.717, 1.165) is 20.6 Å². The summed E-state index contributed by atoms with van der Waals surface area (Å²) in [5.74, 6) is 0.972. The van der Waals surface area contributed by atoms with Crippen molar-refractivity contribution < 1.29 is 4.79 Å². The lowest BCUT2D eigenvalue weighted by molar-refractivity contribution is 0.0957. The van der Waals surface area contributed by atoms with E-state index in [2.05, 4.69) is 15.9 Å². The number of thiophene rings is 1. The zero-order valence-corrected chi connectivity index (χ0v) is 12.7. The Bertz CT molecular complexity index is 389. The predicted octanol–water partition coefficient (Wildman–Crippen LogP) is 5.36. The average molecular weight is 315 g/mol. The van der Waals surface area contributed by atoms with E-state index in [0.29, 0.717) is 11.7 Å². The zero-order valence-electron chi connectivity index (χ0n) is 10.3. The van der Waals surface area contributed by atoms with Crippen molar-refractivity contribution in [2.45, 2.75) is 51.9 Å². The molecule has 0 bridgehead atoms. The van der Waals surface area contributed by atoms with Gasteiger partial charge in [-0.3, -0.25) is 4.79 Å². The second-order valence-electron chi connectivity index (χ2n) is 5.01. The largest absolute Gasteiger partial charge is 0.294 e. The molecule has 2 rings (SSSR count). The summed E-state index contributed by atoms with van der Waals surface area (Å²) in [6.45, 7) is 2.04. The predicted molar refractivity (Wildman–Crippen MR) is 76.9 cm³/mol. The van der Waals surface area contributed by atoms with Crippen molar-refractivity contribution >= 4 is 33.0 Å². The van der Waals surface area contributed by atoms with Crippen molar-refractivity contribution in [3.63, 3.8) is 0 Å². The van der Waals surface area contributed by atoms with Gasteiger partial charge in [0.1, 0.15) is 0 Å². The van der Waals surface area contributed by atoms with E-state index in [4.69, 9.17) is 0 Å². The molecule has 0 saturated heterocycles. The highest BCUT2D eigenvalue weighted by molar-refractivity contribution is 9.11. The first-order valence-electron chi connectivity index (χ1n) is 6.46. The van der Waals surface area contributed by atoms with Crippen LogP contribution in [0.3, 0.4) is 0 Å². The normalized spacial score (nSPS) is 18.0. The summed E-state index contributed by atoms with van der Waals surface area (Å²) in [6, 6.07) is 1.99. The number of carbonyl (C=O) groups excluding carboxylic acids is 1. The number of ketones is 1. The van der Waals surface area contributed by atoms with Gasteiger partial charge in [0.15, 0.2) is 5.78 Å². The van der Waals surface area contributed by atoms with Gasteiger partial charge < -0.3 is 0 Å². The lowest BCUT2D eigenvalue weighted by atomic mass is 9.92. The molecule has 0 amide bonds. The van der Waals surface area contributed by atoms with Crippen LogP contribution in [0.15, 0.2) is 9.85 Å². The van der Waals surface area contributed by atoms with Crippen LogP contribution >= 0.6 is 27.3 Å². The van der Waals surface area contributed by atoms with Crippen LogP contribution in [0.4, 0.5) is 0 Å². The van der Waals surface area contributed by atoms with Gasteiger partial charge in [-0.1, -0.05) is 38.5 Å². The van der Waals surface area contributed by atoms with Gasteiger partial charge in [-0.15, -0.1) is 11.3 Å². The minimum atomic E-state index is 0.344. The van der Waals surface area contributed by atoms with Crippen molar-refractivity contribution in [3.8, 4) is 0 Å². The van der Waals surface area contributed by atoms with Crippen LogP contribution < -0.4 is 0 Å². The second-order valence-corrected chi connectivity index (χ2v) is 7.64. The summed E-state index contributed by atoms with van der Waals surface area (Å²) in [6.07, 6.45) is 8.58. The highest BCUT2D eigenvalue weighted by atomic mass is 79.9. The van der Waals surface area contributed by atoms with Crippen LogP contribution in [0.25, 0.3) is 0 Å². The van der Waals surface area contributed by atoms with Gasteiger partial charge in [-0.05, 0) is 34.8 Å². The molecule has 1 aromatic rings. The minimum absolute atomic E-state index is 0.344. The summed E-state index contributed by atoms with van der Waals surface area (Å²) >= 11 is 5.11. The molecule has 0 spiro atoms. The number of hydrogen-bond donors (Lipinski definition) is 0. The summed E-state index contributed by atoms with van der Waals surface area (Å²) < 4.78 is 1.07. The topological polar surface area (TPSA) is 17.1 Å². The number of aryl methyl sites for hydroxylation is 1. The van der Waals surface area contributed by atoms with Crippen molar-refractivity contribution in [2.24, 2.45) is 5.92 Å². The Morgan fingerprint density at radius 1 is 1.35 bits per heavy atom. The molecule has 1 aromatic heterocycles. The molecule has 1 heterocycles. The maximum atomic E-state index is 12.2. The monoisotopic (exact) mass is 314 g/mol. The smallest absolute Gasteiger partial charge is 0.164 e. The van der Waals surface area contributed by atoms with Crippen molar-refractivity contribution in [1.29, 1.82) is 0 Å². The SMILES string of the molecule is Cc1sc(Br)cc1C(=O)CC1CCCCCC1. The molecule has 94 valence electrons. The molecular formula is C14H19BrOS. The lowest BCUT2D eigenvalue weighted by Crippen LogP contribution is -2.08. The van der Waals surface area contributed by atoms with Gasteiger partial charge in [-0.25, -0.2) is 0 Å². The van der Waals surface area contributed by atoms with E-state index in [-0.39, 0.29) is 0 Å². The minimum Gasteiger partial charge on any atom is -0.294 e. The molecule has 17 heavy (non-hydrogen) atoms. The molecule has 0 unspecified atom stereocenters. The molecule has 1 saturated carbocycles. The van der Waals surface area contributed by atoms with Crippen molar-refractivity contribution in [1.82, 2.24) is 0 Å². The van der Waals surface area contributed by atoms with E-state index in [1.807, 2.05) is 13.0 Å². The molecule has 0 aliphatic heterocycles. The fourth-order valence-corrected chi connectivity index (χ4v) is 4.37. The van der Waals surface area contributed by atoms with Crippen molar-refractivity contribution in [2.75, 3.05) is 0 Å². The summed E-state index contributed by atoms with van der Waals surface area (Å²) in [4.78, 5) is 13.4. The van der Waals surface area contributed by atoms with E-state index in [1.165, 1.54) is 38.5 Å². The summed E-state index contributed by atoms with van der Waals surface area (Å²) in [7, 11) is 0. The Morgan fingerprint density at radius 2 is 2.00 bits per heavy atom. The molecule has 1 aliphatic rings. The first kappa shape index (κ1) is 13.3. The van der Waals surface area contributed by atoms with Crippen LogP contribution in [-0.4, -0.2) is 5.78 Å². The zero-order chi connectivity index (χ0) is 12.3. The Hall–Kier alpha value is -0.150. The van der Waals surface area contributed by atoms with Crippen LogP contribution in [0, 0.1) is 12.8 Å². The number of hydrogen-bond acceptors (Lipinski definition) is 2. The van der Waals surface area contributed by atoms with Gasteiger partial charge in [0.25, 0.3) is 0 Å². The molecule has 1 aliphatic carbocycles. The maximum Gasteiger partial charge on any atom is 0.164 e. The fourth-order valence-electron chi connectivity index (χ4n) is 2.66. The van der Waals surface area contributed by atoms with Gasteiger partial charge in [0, 0.05) is 16.9 Å². The van der Waals surface area contributed by atoms with Gasteiger partial charge in [0.2, 0.25) is 0 Å². The van der Waals surface area contributed by atoms with E-state index >= 15 is 0 Å². The molecular weight excluding hydrogens is 296 g/mol. The Labute approximate surface area is 116 Å². The first-order chi connectivity index (χ1) is 8.16. The third-order valence-electron chi connectivity index (χ3n) is 3.64. The molecule has 0 aromatic carbocycles. The Kier molecular flexibility index (Phi) is 4.80. The Morgan fingerprint density at radius 3 is 2.53 bits per heavy atom. The first-order valence-corrected chi connectivity index (χ1v) is 8.07. The number of carbonyl (C=O) groups is 1. The maximum absolute atomic E-state index is 12.2. The second kappa shape index (κ2) is 6.14. The third-order valence-corrected chi connectivity index (χ3v) is 5.19. The highest BCUT2D eigenvalue weighted by Crippen LogP contribution is 2.31. The Balaban J connectivity index is 1.98. The summed E-state index contributed by atoms with van der Waals surface area (Å²) in [5, 5.41) is 0. The van der Waals surface area contributed by atoms with Crippen LogP contribution in [0.5, 0.6) is 0 Å². The van der Waals surface area contributed by atoms with Gasteiger partial charge in [-0.2, -0.15) is 0 Å². The molecule has 0 N–H and O–H groups in total. The molecule has 1 nitrogen and oxygen atoms in total. The van der Waals surface area contributed by atoms with E-state index < -0.39 is 0 Å². The van der Waals surface area contributed by atoms with E-state index in [1.54, 1.807) is 11.3 Å². The van der Waals surface area contributed by atoms with Crippen LogP contribution in [0.2, 0.25) is 0 Å². The fraction of sp³-hybridized carbons (Fsp3) is 0.643. The quantitative estimate of drug-likeness (QED) is 0.542. The highest BCUT2D eigenvalue weighted by Gasteiger charge is 2.19. The molecule has 0 atom stereocenters. The number of halogens is 1. The van der Waals surface area contributed by atoms with Gasteiger partial charge >= 0.3 is 0 Å². The van der Waals surface area contributed by atoms with Crippen molar-refractivity contribution in [3.05, 3.63) is 20.3 Å². The van der Waals surface area contributed by atoms with Gasteiger partial charge in [0.05, 0.1) is 3.79 Å². The lowest BCUT2D eigenvalue weighted by Gasteiger charge is -2.12. The summed E-state index contributed by atoms with van der Waals surface area (Å²) in [5.41, 5.74) is 0.936.